The first-order valence-corrected chi connectivity index (χ1v) is 7.41. The normalized spacial score (nSPS) is 14.8. The fraction of sp³-hybridized carbons (Fsp3) is 1.00. The van der Waals surface area contributed by atoms with Crippen molar-refractivity contribution in [3.05, 3.63) is 0 Å². The zero-order valence-electron chi connectivity index (χ0n) is 11.3. The molecule has 0 aromatic heterocycles. The maximum Gasteiger partial charge on any atom is 0.118 e. The van der Waals surface area contributed by atoms with Crippen molar-refractivity contribution >= 4 is 46.4 Å². The van der Waals surface area contributed by atoms with Crippen LogP contribution in [0.3, 0.4) is 0 Å². The Kier molecular flexibility index (Phi) is 6.45. The molecule has 0 spiro atoms. The number of hydrogen-bond donors (Lipinski definition) is 0. The molecule has 104 valence electrons. The minimum Gasteiger partial charge on any atom is -0.369 e. The molecule has 5 heteroatoms. The Bertz CT molecular complexity index is 241. The highest BCUT2D eigenvalue weighted by Gasteiger charge is 2.53. The maximum atomic E-state index is 6.12. The number of halogens is 4. The van der Waals surface area contributed by atoms with Gasteiger partial charge < -0.3 is 4.74 Å². The molecule has 0 amide bonds. The van der Waals surface area contributed by atoms with E-state index in [2.05, 4.69) is 6.92 Å². The van der Waals surface area contributed by atoms with E-state index in [9.17, 15) is 0 Å². The zero-order chi connectivity index (χ0) is 14.1. The molecular formula is C12H22Cl4O. The predicted octanol–water partition coefficient (Wildman–Crippen LogP) is 5.58. The number of alkyl halides is 4. The van der Waals surface area contributed by atoms with Crippen LogP contribution in [0.15, 0.2) is 0 Å². The summed E-state index contributed by atoms with van der Waals surface area (Å²) < 4.78 is 6.12. The van der Waals surface area contributed by atoms with E-state index < -0.39 is 20.7 Å². The first kappa shape index (κ1) is 18.1. The van der Waals surface area contributed by atoms with Crippen molar-refractivity contribution in [3.8, 4) is 0 Å². The average molecular weight is 324 g/mol. The van der Waals surface area contributed by atoms with Crippen molar-refractivity contribution in [2.45, 2.75) is 68.8 Å². The monoisotopic (exact) mass is 322 g/mol. The lowest BCUT2D eigenvalue weighted by atomic mass is 9.77. The summed E-state index contributed by atoms with van der Waals surface area (Å²) in [6.45, 7) is 11.8. The fourth-order valence-corrected chi connectivity index (χ4v) is 3.31. The standard InChI is InChI=1S/C12H22Cl4O/c1-7-10(2,3)17-11(4,5)12(6,8(13)14)9(15)16/h8-9H,7H2,1-6H3. The predicted molar refractivity (Wildman–Crippen MR) is 78.6 cm³/mol. The lowest BCUT2D eigenvalue weighted by Gasteiger charge is -2.49. The average Bonchev–Trinajstić information content (AvgIpc) is 2.13. The summed E-state index contributed by atoms with van der Waals surface area (Å²) in [6.07, 6.45) is 0.872. The van der Waals surface area contributed by atoms with E-state index in [4.69, 9.17) is 51.1 Å². The van der Waals surface area contributed by atoms with Crippen LogP contribution in [0.5, 0.6) is 0 Å². The smallest absolute Gasteiger partial charge is 0.118 e. The van der Waals surface area contributed by atoms with Gasteiger partial charge in [0.05, 0.1) is 16.6 Å². The summed E-state index contributed by atoms with van der Waals surface area (Å²) in [4.78, 5) is -1.43. The van der Waals surface area contributed by atoms with Crippen LogP contribution in [0.2, 0.25) is 0 Å². The van der Waals surface area contributed by atoms with Gasteiger partial charge in [0.2, 0.25) is 0 Å². The lowest BCUT2D eigenvalue weighted by molar-refractivity contribution is -0.173. The molecule has 0 saturated heterocycles. The van der Waals surface area contributed by atoms with Gasteiger partial charge >= 0.3 is 0 Å². The molecular weight excluding hydrogens is 302 g/mol. The van der Waals surface area contributed by atoms with Crippen LogP contribution in [0.1, 0.15) is 48.0 Å². The highest BCUT2D eigenvalue weighted by molar-refractivity contribution is 6.49. The Morgan fingerprint density at radius 3 is 1.47 bits per heavy atom. The van der Waals surface area contributed by atoms with E-state index in [0.29, 0.717) is 0 Å². The SMILES string of the molecule is CCC(C)(C)OC(C)(C)C(C)(C(Cl)Cl)C(Cl)Cl. The highest BCUT2D eigenvalue weighted by Crippen LogP contribution is 2.49. The van der Waals surface area contributed by atoms with Gasteiger partial charge in [-0.1, -0.05) is 13.8 Å². The van der Waals surface area contributed by atoms with Crippen molar-refractivity contribution in [2.75, 3.05) is 0 Å². The van der Waals surface area contributed by atoms with Gasteiger partial charge in [-0.3, -0.25) is 0 Å². The summed E-state index contributed by atoms with van der Waals surface area (Å²) in [7, 11) is 0. The van der Waals surface area contributed by atoms with Crippen molar-refractivity contribution in [1.29, 1.82) is 0 Å². The second-order valence-corrected chi connectivity index (χ2v) is 7.80. The molecule has 17 heavy (non-hydrogen) atoms. The second kappa shape index (κ2) is 6.05. The molecule has 0 fully saturated rings. The minimum atomic E-state index is -0.758. The Balaban J connectivity index is 5.25. The van der Waals surface area contributed by atoms with Crippen molar-refractivity contribution < 1.29 is 4.74 Å². The molecule has 0 aromatic rings. The fourth-order valence-electron chi connectivity index (χ4n) is 1.49. The molecule has 0 bridgehead atoms. The van der Waals surface area contributed by atoms with Crippen molar-refractivity contribution in [1.82, 2.24) is 0 Å². The van der Waals surface area contributed by atoms with E-state index in [1.165, 1.54) is 0 Å². The first-order chi connectivity index (χ1) is 7.40. The number of hydrogen-bond acceptors (Lipinski definition) is 1. The lowest BCUT2D eigenvalue weighted by Crippen LogP contribution is -2.55. The molecule has 0 aliphatic heterocycles. The Morgan fingerprint density at radius 2 is 1.24 bits per heavy atom. The van der Waals surface area contributed by atoms with Crippen LogP contribution in [0, 0.1) is 5.41 Å². The van der Waals surface area contributed by atoms with Gasteiger partial charge in [0.1, 0.15) is 9.67 Å². The van der Waals surface area contributed by atoms with Crippen LogP contribution >= 0.6 is 46.4 Å². The quantitative estimate of drug-likeness (QED) is 0.579. The molecule has 0 rings (SSSR count). The van der Waals surface area contributed by atoms with Gasteiger partial charge in [0.15, 0.2) is 0 Å². The largest absolute Gasteiger partial charge is 0.369 e. The Hall–Kier alpha value is 1.12. The number of rotatable bonds is 6. The van der Waals surface area contributed by atoms with E-state index in [1.54, 1.807) is 0 Å². The summed E-state index contributed by atoms with van der Waals surface area (Å²) in [5.74, 6) is 0. The van der Waals surface area contributed by atoms with E-state index in [-0.39, 0.29) is 5.60 Å². The third kappa shape index (κ3) is 4.04. The van der Waals surface area contributed by atoms with Crippen molar-refractivity contribution in [3.63, 3.8) is 0 Å². The molecule has 0 atom stereocenters. The first-order valence-electron chi connectivity index (χ1n) is 5.67. The molecule has 1 nitrogen and oxygen atoms in total. The van der Waals surface area contributed by atoms with E-state index >= 15 is 0 Å². The van der Waals surface area contributed by atoms with Gasteiger partial charge in [-0.15, -0.1) is 46.4 Å². The third-order valence-corrected chi connectivity index (χ3v) is 5.40. The van der Waals surface area contributed by atoms with Gasteiger partial charge in [-0.05, 0) is 34.1 Å². The van der Waals surface area contributed by atoms with Crippen LogP contribution in [-0.4, -0.2) is 20.9 Å². The van der Waals surface area contributed by atoms with Crippen LogP contribution < -0.4 is 0 Å². The second-order valence-electron chi connectivity index (χ2n) is 5.61. The molecule has 0 heterocycles. The molecule has 0 saturated carbocycles. The summed E-state index contributed by atoms with van der Waals surface area (Å²) in [5, 5.41) is 0. The Morgan fingerprint density at radius 1 is 0.882 bits per heavy atom. The summed E-state index contributed by atoms with van der Waals surface area (Å²) >= 11 is 24.2. The van der Waals surface area contributed by atoms with Crippen LogP contribution in [0.4, 0.5) is 0 Å². The minimum absolute atomic E-state index is 0.282. The number of ether oxygens (including phenoxy) is 1. The molecule has 0 radical (unpaired) electrons. The van der Waals surface area contributed by atoms with Crippen LogP contribution in [-0.2, 0) is 4.74 Å². The maximum absolute atomic E-state index is 6.12. The zero-order valence-corrected chi connectivity index (χ0v) is 14.3. The van der Waals surface area contributed by atoms with Gasteiger partial charge in [0.25, 0.3) is 0 Å². The van der Waals surface area contributed by atoms with Gasteiger partial charge in [-0.2, -0.15) is 0 Å². The topological polar surface area (TPSA) is 9.23 Å². The van der Waals surface area contributed by atoms with Crippen LogP contribution in [0.25, 0.3) is 0 Å². The van der Waals surface area contributed by atoms with Gasteiger partial charge in [0, 0.05) is 0 Å². The highest BCUT2D eigenvalue weighted by atomic mass is 35.5. The molecule has 0 unspecified atom stereocenters. The molecule has 0 N–H and O–H groups in total. The molecule has 0 aliphatic carbocycles. The van der Waals surface area contributed by atoms with E-state index in [0.717, 1.165) is 6.42 Å². The summed E-state index contributed by atoms with van der Waals surface area (Å²) in [6, 6.07) is 0. The Labute approximate surface area is 125 Å². The third-order valence-electron chi connectivity index (χ3n) is 3.59. The van der Waals surface area contributed by atoms with Crippen molar-refractivity contribution in [2.24, 2.45) is 5.41 Å². The van der Waals surface area contributed by atoms with Gasteiger partial charge in [-0.25, -0.2) is 0 Å². The molecule has 0 aromatic carbocycles. The summed E-state index contributed by atoms with van der Waals surface area (Å²) in [5.41, 5.74) is -1.68. The molecule has 0 aliphatic rings. The van der Waals surface area contributed by atoms with E-state index in [1.807, 2.05) is 34.6 Å².